The van der Waals surface area contributed by atoms with Crippen LogP contribution in [0.1, 0.15) is 6.92 Å². The van der Waals surface area contributed by atoms with Crippen molar-refractivity contribution in [3.63, 3.8) is 0 Å². The van der Waals surface area contributed by atoms with Gasteiger partial charge in [0.15, 0.2) is 0 Å². The van der Waals surface area contributed by atoms with E-state index in [0.717, 1.165) is 0 Å². The van der Waals surface area contributed by atoms with Crippen molar-refractivity contribution in [2.24, 2.45) is 0 Å². The maximum absolute atomic E-state index is 12.0. The van der Waals surface area contributed by atoms with Crippen LogP contribution in [0.2, 0.25) is 0 Å². The van der Waals surface area contributed by atoms with Crippen molar-refractivity contribution in [3.05, 3.63) is 12.7 Å². The van der Waals surface area contributed by atoms with E-state index in [1.165, 1.54) is 6.08 Å². The molecule has 0 aliphatic heterocycles. The van der Waals surface area contributed by atoms with Crippen molar-refractivity contribution in [2.75, 3.05) is 0 Å². The van der Waals surface area contributed by atoms with Crippen LogP contribution in [-0.2, 0) is 0 Å². The summed E-state index contributed by atoms with van der Waals surface area (Å²) in [5, 5.41) is -0.447. The van der Waals surface area contributed by atoms with Gasteiger partial charge in [0.25, 0.3) is 0 Å². The Kier molecular flexibility index (Phi) is 3.01. The first-order valence-electron chi connectivity index (χ1n) is 2.09. The fourth-order valence-electron chi connectivity index (χ4n) is 0.188. The SMILES string of the molecule is C=CC(F)C(C)Cl. The summed E-state index contributed by atoms with van der Waals surface area (Å²) >= 11 is 5.28. The Labute approximate surface area is 48.0 Å². The van der Waals surface area contributed by atoms with Gasteiger partial charge in [-0.1, -0.05) is 6.08 Å². The van der Waals surface area contributed by atoms with Crippen LogP contribution in [0.5, 0.6) is 0 Å². The number of hydrogen-bond donors (Lipinski definition) is 0. The highest BCUT2D eigenvalue weighted by Crippen LogP contribution is 2.05. The first-order valence-corrected chi connectivity index (χ1v) is 2.53. The molecule has 0 nitrogen and oxygen atoms in total. The van der Waals surface area contributed by atoms with Crippen LogP contribution >= 0.6 is 11.6 Å². The first-order chi connectivity index (χ1) is 3.18. The molecule has 0 bridgehead atoms. The Hall–Kier alpha value is -0.0400. The minimum atomic E-state index is -1.07. The molecule has 0 aliphatic rings. The van der Waals surface area contributed by atoms with E-state index in [1.807, 2.05) is 0 Å². The van der Waals surface area contributed by atoms with Gasteiger partial charge in [0, 0.05) is 0 Å². The summed E-state index contributed by atoms with van der Waals surface area (Å²) in [6, 6.07) is 0. The molecule has 0 saturated heterocycles. The van der Waals surface area contributed by atoms with Crippen LogP contribution in [0.15, 0.2) is 12.7 Å². The molecule has 0 amide bonds. The van der Waals surface area contributed by atoms with Crippen LogP contribution in [0.25, 0.3) is 0 Å². The quantitative estimate of drug-likeness (QED) is 0.389. The molecule has 0 fully saturated rings. The Bertz CT molecular complexity index is 61.1. The van der Waals surface area contributed by atoms with Gasteiger partial charge in [0.05, 0.1) is 5.38 Å². The average molecular weight is 123 g/mol. The molecule has 0 aromatic carbocycles. The summed E-state index contributed by atoms with van der Waals surface area (Å²) in [5.41, 5.74) is 0. The summed E-state index contributed by atoms with van der Waals surface area (Å²) in [6.45, 7) is 4.81. The van der Waals surface area contributed by atoms with Gasteiger partial charge in [-0.25, -0.2) is 4.39 Å². The van der Waals surface area contributed by atoms with E-state index in [2.05, 4.69) is 6.58 Å². The molecule has 0 rings (SSSR count). The van der Waals surface area contributed by atoms with Crippen LogP contribution in [-0.4, -0.2) is 11.5 Å². The minimum Gasteiger partial charge on any atom is -0.241 e. The molecule has 2 atom stereocenters. The highest BCUT2D eigenvalue weighted by atomic mass is 35.5. The largest absolute Gasteiger partial charge is 0.241 e. The molecule has 0 aromatic heterocycles. The van der Waals surface area contributed by atoms with E-state index in [0.29, 0.717) is 0 Å². The zero-order valence-corrected chi connectivity index (χ0v) is 4.95. The highest BCUT2D eigenvalue weighted by Gasteiger charge is 2.06. The summed E-state index contributed by atoms with van der Waals surface area (Å²) < 4.78 is 12.0. The summed E-state index contributed by atoms with van der Waals surface area (Å²) in [5.74, 6) is 0. The van der Waals surface area contributed by atoms with Gasteiger partial charge in [-0.05, 0) is 6.92 Å². The van der Waals surface area contributed by atoms with Gasteiger partial charge >= 0.3 is 0 Å². The van der Waals surface area contributed by atoms with Crippen molar-refractivity contribution >= 4 is 11.6 Å². The predicted octanol–water partition coefficient (Wildman–Crippen LogP) is 2.14. The van der Waals surface area contributed by atoms with Gasteiger partial charge in [0.2, 0.25) is 0 Å². The lowest BCUT2D eigenvalue weighted by Gasteiger charge is -2.00. The first kappa shape index (κ1) is 6.96. The minimum absolute atomic E-state index is 0.447. The monoisotopic (exact) mass is 122 g/mol. The van der Waals surface area contributed by atoms with Gasteiger partial charge in [-0.2, -0.15) is 0 Å². The standard InChI is InChI=1S/C5H8ClF/c1-3-5(7)4(2)6/h3-5H,1H2,2H3. The number of allylic oxidation sites excluding steroid dienone is 1. The smallest absolute Gasteiger partial charge is 0.134 e. The normalized spacial score (nSPS) is 18.1. The average Bonchev–Trinajstić information content (AvgIpc) is 1.65. The third-order valence-electron chi connectivity index (χ3n) is 0.664. The Morgan fingerprint density at radius 1 is 1.86 bits per heavy atom. The lowest BCUT2D eigenvalue weighted by Crippen LogP contribution is -2.06. The van der Waals surface area contributed by atoms with Gasteiger partial charge in [-0.3, -0.25) is 0 Å². The molecule has 7 heavy (non-hydrogen) atoms. The summed E-state index contributed by atoms with van der Waals surface area (Å²) in [4.78, 5) is 0. The number of halogens is 2. The molecule has 2 unspecified atom stereocenters. The second-order valence-electron chi connectivity index (χ2n) is 1.36. The fraction of sp³-hybridized carbons (Fsp3) is 0.600. The second-order valence-corrected chi connectivity index (χ2v) is 2.05. The molecule has 0 aromatic rings. The maximum Gasteiger partial charge on any atom is 0.134 e. The Morgan fingerprint density at radius 2 is 2.29 bits per heavy atom. The molecule has 0 radical (unpaired) electrons. The van der Waals surface area contributed by atoms with Crippen molar-refractivity contribution in [1.82, 2.24) is 0 Å². The molecule has 42 valence electrons. The Morgan fingerprint density at radius 3 is 2.29 bits per heavy atom. The van der Waals surface area contributed by atoms with Crippen molar-refractivity contribution in [2.45, 2.75) is 18.5 Å². The molecule has 2 heteroatoms. The molecule has 0 N–H and O–H groups in total. The Balaban J connectivity index is 3.33. The predicted molar refractivity (Wildman–Crippen MR) is 30.4 cm³/mol. The molecular formula is C5H8ClF. The van der Waals surface area contributed by atoms with Gasteiger partial charge in [-0.15, -0.1) is 18.2 Å². The van der Waals surface area contributed by atoms with Crippen LogP contribution < -0.4 is 0 Å². The lowest BCUT2D eigenvalue weighted by atomic mass is 10.3. The highest BCUT2D eigenvalue weighted by molar-refractivity contribution is 6.20. The van der Waals surface area contributed by atoms with E-state index < -0.39 is 11.5 Å². The van der Waals surface area contributed by atoms with Crippen LogP contribution in [0.3, 0.4) is 0 Å². The number of hydrogen-bond acceptors (Lipinski definition) is 0. The van der Waals surface area contributed by atoms with Crippen molar-refractivity contribution in [3.8, 4) is 0 Å². The molecular weight excluding hydrogens is 115 g/mol. The van der Waals surface area contributed by atoms with Crippen LogP contribution in [0, 0.1) is 0 Å². The van der Waals surface area contributed by atoms with E-state index in [4.69, 9.17) is 11.6 Å². The topological polar surface area (TPSA) is 0 Å². The van der Waals surface area contributed by atoms with E-state index in [-0.39, 0.29) is 0 Å². The summed E-state index contributed by atoms with van der Waals surface area (Å²) in [6.07, 6.45) is 0.124. The number of rotatable bonds is 2. The van der Waals surface area contributed by atoms with Gasteiger partial charge < -0.3 is 0 Å². The van der Waals surface area contributed by atoms with Crippen molar-refractivity contribution < 1.29 is 4.39 Å². The molecule has 0 heterocycles. The third kappa shape index (κ3) is 2.63. The molecule has 0 spiro atoms. The van der Waals surface area contributed by atoms with Crippen LogP contribution in [0.4, 0.5) is 4.39 Å². The maximum atomic E-state index is 12.0. The second kappa shape index (κ2) is 3.03. The molecule has 0 saturated carbocycles. The van der Waals surface area contributed by atoms with E-state index >= 15 is 0 Å². The number of alkyl halides is 2. The lowest BCUT2D eigenvalue weighted by molar-refractivity contribution is 0.396. The molecule has 0 aliphatic carbocycles. The third-order valence-corrected chi connectivity index (χ3v) is 0.905. The van der Waals surface area contributed by atoms with E-state index in [9.17, 15) is 4.39 Å². The van der Waals surface area contributed by atoms with Crippen molar-refractivity contribution in [1.29, 1.82) is 0 Å². The summed E-state index contributed by atoms with van der Waals surface area (Å²) in [7, 11) is 0. The fourth-order valence-corrected chi connectivity index (χ4v) is 0.290. The van der Waals surface area contributed by atoms with E-state index in [1.54, 1.807) is 6.92 Å². The zero-order valence-electron chi connectivity index (χ0n) is 4.20. The van der Waals surface area contributed by atoms with Gasteiger partial charge in [0.1, 0.15) is 6.17 Å². The zero-order chi connectivity index (χ0) is 5.86.